The van der Waals surface area contributed by atoms with Gasteiger partial charge in [-0.2, -0.15) is 13.2 Å². The Kier molecular flexibility index (Phi) is 6.28. The van der Waals surface area contributed by atoms with Crippen molar-refractivity contribution in [2.75, 3.05) is 19.6 Å². The number of likely N-dealkylation sites (tertiary alicyclic amines) is 1. The molecule has 0 bridgehead atoms. The minimum Gasteiger partial charge on any atom is -0.445 e. The van der Waals surface area contributed by atoms with Crippen molar-refractivity contribution in [3.63, 3.8) is 0 Å². The monoisotopic (exact) mass is 467 g/mol. The zero-order chi connectivity index (χ0) is 23.8. The second-order valence-corrected chi connectivity index (χ2v) is 9.04. The maximum absolute atomic E-state index is 13.4. The van der Waals surface area contributed by atoms with E-state index in [-0.39, 0.29) is 38.2 Å². The number of rotatable bonds is 4. The van der Waals surface area contributed by atoms with Crippen molar-refractivity contribution in [2.45, 2.75) is 69.4 Å². The quantitative estimate of drug-likeness (QED) is 0.681. The Balaban J connectivity index is 1.43. The average Bonchev–Trinajstić information content (AvgIpc) is 3.42. The maximum atomic E-state index is 13.4. The first-order chi connectivity index (χ1) is 15.7. The van der Waals surface area contributed by atoms with Gasteiger partial charge in [-0.05, 0) is 37.7 Å². The molecule has 10 heteroatoms. The van der Waals surface area contributed by atoms with Gasteiger partial charge in [0.05, 0.1) is 5.54 Å². The SMILES string of the molecule is CC[C@@H]1CC[C@@H](C(=O)N2CCN(C(=O)C(F)(F)F)C3(CC3)C2)N1C(=O)OCc1ccccc1. The molecular formula is C23H28F3N3O4. The molecule has 0 N–H and O–H groups in total. The predicted octanol–water partition coefficient (Wildman–Crippen LogP) is 3.33. The van der Waals surface area contributed by atoms with Crippen LogP contribution in [-0.2, 0) is 20.9 Å². The van der Waals surface area contributed by atoms with Gasteiger partial charge in [0, 0.05) is 25.7 Å². The Hall–Kier alpha value is -2.78. The standard InChI is InChI=1S/C23H28F3N3O4/c1-2-17-8-9-18(29(17)21(32)33-14-16-6-4-3-5-7-16)19(30)27-12-13-28(20(31)23(24,25)26)22(15-27)10-11-22/h3-7,17-18H,2,8-15H2,1H3/t17-,18+/m1/s1. The molecule has 1 aromatic rings. The second-order valence-electron chi connectivity index (χ2n) is 9.04. The number of halogens is 3. The van der Waals surface area contributed by atoms with Crippen LogP contribution in [-0.4, -0.2) is 76.0 Å². The minimum absolute atomic E-state index is 0.0165. The van der Waals surface area contributed by atoms with E-state index in [4.69, 9.17) is 4.74 Å². The molecule has 2 heterocycles. The maximum Gasteiger partial charge on any atom is 0.471 e. The van der Waals surface area contributed by atoms with Gasteiger partial charge in [-0.3, -0.25) is 14.5 Å². The number of carbonyl (C=O) groups is 3. The second kappa shape index (κ2) is 8.87. The molecule has 0 aromatic heterocycles. The van der Waals surface area contributed by atoms with Crippen LogP contribution < -0.4 is 0 Å². The molecule has 3 fully saturated rings. The molecule has 2 aliphatic heterocycles. The highest BCUT2D eigenvalue weighted by Gasteiger charge is 2.59. The number of carbonyl (C=O) groups excluding carboxylic acids is 3. The molecule has 2 atom stereocenters. The van der Waals surface area contributed by atoms with Gasteiger partial charge < -0.3 is 14.5 Å². The fourth-order valence-corrected chi connectivity index (χ4v) is 5.02. The van der Waals surface area contributed by atoms with Crippen molar-refractivity contribution in [3.05, 3.63) is 35.9 Å². The lowest BCUT2D eigenvalue weighted by atomic mass is 10.1. The minimum atomic E-state index is -4.93. The molecule has 33 heavy (non-hydrogen) atoms. The number of nitrogens with zero attached hydrogens (tertiary/aromatic N) is 3. The van der Waals surface area contributed by atoms with Crippen LogP contribution in [0.25, 0.3) is 0 Å². The number of amides is 3. The summed E-state index contributed by atoms with van der Waals surface area (Å²) in [5.74, 6) is -2.13. The molecule has 1 aliphatic carbocycles. The van der Waals surface area contributed by atoms with Crippen molar-refractivity contribution in [1.29, 1.82) is 0 Å². The first-order valence-corrected chi connectivity index (χ1v) is 11.3. The molecule has 0 radical (unpaired) electrons. The van der Waals surface area contributed by atoms with E-state index in [1.807, 2.05) is 37.3 Å². The Morgan fingerprint density at radius 1 is 1.09 bits per heavy atom. The number of hydrogen-bond acceptors (Lipinski definition) is 4. The summed E-state index contributed by atoms with van der Waals surface area (Å²) in [6.45, 7) is 1.95. The smallest absolute Gasteiger partial charge is 0.445 e. The zero-order valence-electron chi connectivity index (χ0n) is 18.5. The summed E-state index contributed by atoms with van der Waals surface area (Å²) in [6, 6.07) is 8.39. The van der Waals surface area contributed by atoms with E-state index < -0.39 is 29.8 Å². The fourth-order valence-electron chi connectivity index (χ4n) is 5.02. The molecular weight excluding hydrogens is 439 g/mol. The van der Waals surface area contributed by atoms with E-state index in [2.05, 4.69) is 0 Å². The molecule has 0 unspecified atom stereocenters. The number of ether oxygens (including phenoxy) is 1. The third-order valence-corrected chi connectivity index (χ3v) is 6.95. The van der Waals surface area contributed by atoms with E-state index in [1.165, 1.54) is 9.80 Å². The van der Waals surface area contributed by atoms with Crippen LogP contribution in [0.4, 0.5) is 18.0 Å². The van der Waals surface area contributed by atoms with Gasteiger partial charge in [-0.25, -0.2) is 4.79 Å². The Morgan fingerprint density at radius 2 is 1.79 bits per heavy atom. The Labute approximate surface area is 190 Å². The van der Waals surface area contributed by atoms with E-state index in [0.717, 1.165) is 10.5 Å². The summed E-state index contributed by atoms with van der Waals surface area (Å²) in [4.78, 5) is 42.1. The molecule has 1 spiro atoms. The zero-order valence-corrected chi connectivity index (χ0v) is 18.5. The average molecular weight is 467 g/mol. The third kappa shape index (κ3) is 4.65. The molecule has 2 saturated heterocycles. The van der Waals surface area contributed by atoms with Crippen LogP contribution >= 0.6 is 0 Å². The molecule has 3 aliphatic rings. The number of piperazine rings is 1. The van der Waals surface area contributed by atoms with Crippen molar-refractivity contribution in [1.82, 2.24) is 14.7 Å². The van der Waals surface area contributed by atoms with Gasteiger partial charge in [-0.1, -0.05) is 37.3 Å². The van der Waals surface area contributed by atoms with Gasteiger partial charge in [0.15, 0.2) is 0 Å². The van der Waals surface area contributed by atoms with Crippen LogP contribution in [0.3, 0.4) is 0 Å². The van der Waals surface area contributed by atoms with Crippen molar-refractivity contribution < 1.29 is 32.3 Å². The van der Waals surface area contributed by atoms with Crippen LogP contribution in [0.2, 0.25) is 0 Å². The number of alkyl halides is 3. The van der Waals surface area contributed by atoms with Crippen LogP contribution in [0.5, 0.6) is 0 Å². The normalized spacial score (nSPS) is 24.2. The summed E-state index contributed by atoms with van der Waals surface area (Å²) in [5, 5.41) is 0. The summed E-state index contributed by atoms with van der Waals surface area (Å²) in [7, 11) is 0. The highest BCUT2D eigenvalue weighted by molar-refractivity contribution is 5.88. The van der Waals surface area contributed by atoms with Gasteiger partial charge in [0.25, 0.3) is 0 Å². The lowest BCUT2D eigenvalue weighted by Crippen LogP contribution is -2.62. The van der Waals surface area contributed by atoms with Crippen molar-refractivity contribution in [3.8, 4) is 0 Å². The molecule has 180 valence electrons. The van der Waals surface area contributed by atoms with E-state index >= 15 is 0 Å². The highest BCUT2D eigenvalue weighted by atomic mass is 19.4. The highest BCUT2D eigenvalue weighted by Crippen LogP contribution is 2.46. The third-order valence-electron chi connectivity index (χ3n) is 6.95. The van der Waals surface area contributed by atoms with Gasteiger partial charge in [-0.15, -0.1) is 0 Å². The van der Waals surface area contributed by atoms with Gasteiger partial charge in [0.2, 0.25) is 5.91 Å². The first-order valence-electron chi connectivity index (χ1n) is 11.3. The number of hydrogen-bond donors (Lipinski definition) is 0. The van der Waals surface area contributed by atoms with E-state index in [1.54, 1.807) is 0 Å². The molecule has 4 rings (SSSR count). The van der Waals surface area contributed by atoms with Gasteiger partial charge in [0.1, 0.15) is 12.6 Å². The largest absolute Gasteiger partial charge is 0.471 e. The van der Waals surface area contributed by atoms with Crippen molar-refractivity contribution >= 4 is 17.9 Å². The van der Waals surface area contributed by atoms with Crippen molar-refractivity contribution in [2.24, 2.45) is 0 Å². The predicted molar refractivity (Wildman–Crippen MR) is 112 cm³/mol. The topological polar surface area (TPSA) is 70.2 Å². The van der Waals surface area contributed by atoms with Crippen LogP contribution in [0.15, 0.2) is 30.3 Å². The van der Waals surface area contributed by atoms with Crippen LogP contribution in [0.1, 0.15) is 44.6 Å². The molecule has 3 amide bonds. The lowest BCUT2D eigenvalue weighted by molar-refractivity contribution is -0.191. The lowest BCUT2D eigenvalue weighted by Gasteiger charge is -2.43. The first kappa shape index (κ1) is 23.4. The summed E-state index contributed by atoms with van der Waals surface area (Å²) < 4.78 is 44.5. The Morgan fingerprint density at radius 3 is 2.39 bits per heavy atom. The molecule has 1 aromatic carbocycles. The van der Waals surface area contributed by atoms with Crippen LogP contribution in [0, 0.1) is 0 Å². The fraction of sp³-hybridized carbons (Fsp3) is 0.609. The summed E-state index contributed by atoms with van der Waals surface area (Å²) in [5.41, 5.74) is -0.107. The van der Waals surface area contributed by atoms with E-state index in [0.29, 0.717) is 32.1 Å². The summed E-state index contributed by atoms with van der Waals surface area (Å²) in [6.07, 6.45) is -2.82. The molecule has 7 nitrogen and oxygen atoms in total. The molecule has 1 saturated carbocycles. The number of benzene rings is 1. The van der Waals surface area contributed by atoms with Gasteiger partial charge >= 0.3 is 18.2 Å². The summed E-state index contributed by atoms with van der Waals surface area (Å²) >= 11 is 0. The van der Waals surface area contributed by atoms with E-state index in [9.17, 15) is 27.6 Å². The Bertz CT molecular complexity index is 904.